The molecule has 2 heterocycles. The molecule has 3 rings (SSSR count). The number of halogens is 1. The van der Waals surface area contributed by atoms with E-state index in [1.807, 2.05) is 36.4 Å². The van der Waals surface area contributed by atoms with Gasteiger partial charge >= 0.3 is 0 Å². The Hall–Kier alpha value is -3.55. The molecule has 0 radical (unpaired) electrons. The number of benzene rings is 1. The number of alkyl halides is 1. The lowest BCUT2D eigenvalue weighted by Crippen LogP contribution is -2.09. The number of nitrogens with one attached hydrogen (secondary N) is 1. The van der Waals surface area contributed by atoms with Gasteiger partial charge in [-0.3, -0.25) is 4.79 Å². The third-order valence-corrected chi connectivity index (χ3v) is 3.92. The van der Waals surface area contributed by atoms with Crippen LogP contribution in [0.25, 0.3) is 0 Å². The number of hydrogen-bond acceptors (Lipinski definition) is 7. The number of pyridine rings is 1. The van der Waals surface area contributed by atoms with Crippen LogP contribution in [0.5, 0.6) is 5.88 Å². The summed E-state index contributed by atoms with van der Waals surface area (Å²) in [7, 11) is 0. The maximum atomic E-state index is 12.4. The van der Waals surface area contributed by atoms with Crippen LogP contribution in [0.15, 0.2) is 55.0 Å². The van der Waals surface area contributed by atoms with Crippen LogP contribution in [0.2, 0.25) is 0 Å². The van der Waals surface area contributed by atoms with Crippen LogP contribution < -0.4 is 15.8 Å². The van der Waals surface area contributed by atoms with Gasteiger partial charge in [0, 0.05) is 19.2 Å². The molecule has 0 atom stereocenters. The van der Waals surface area contributed by atoms with Gasteiger partial charge in [0.2, 0.25) is 5.88 Å². The highest BCUT2D eigenvalue weighted by Crippen LogP contribution is 2.16. The standard InChI is InChI=1S/C20H20FN5O2/c21-6-8-28-19-13-25-17(12-26-19)18(27)10-14-3-1-4-15(9-14)11-24-16-5-2-7-23-20(16)22/h1-5,7,9,12-13,24H,6,8,10-11H2,(H2,22,23). The molecule has 0 aliphatic rings. The fourth-order valence-corrected chi connectivity index (χ4v) is 2.57. The van der Waals surface area contributed by atoms with E-state index >= 15 is 0 Å². The zero-order valence-electron chi connectivity index (χ0n) is 15.1. The topological polar surface area (TPSA) is 103 Å². The molecule has 8 heteroatoms. The fraction of sp³-hybridized carbons (Fsp3) is 0.200. The Morgan fingerprint density at radius 3 is 2.71 bits per heavy atom. The molecule has 1 aromatic carbocycles. The van der Waals surface area contributed by atoms with Gasteiger partial charge in [0.05, 0.1) is 18.1 Å². The lowest BCUT2D eigenvalue weighted by Gasteiger charge is -2.09. The molecule has 0 bridgehead atoms. The molecule has 7 nitrogen and oxygen atoms in total. The highest BCUT2D eigenvalue weighted by Gasteiger charge is 2.10. The third-order valence-electron chi connectivity index (χ3n) is 3.92. The molecule has 0 aliphatic heterocycles. The van der Waals surface area contributed by atoms with E-state index in [1.165, 1.54) is 12.4 Å². The van der Waals surface area contributed by atoms with E-state index < -0.39 is 6.67 Å². The smallest absolute Gasteiger partial charge is 0.232 e. The Kier molecular flexibility index (Phi) is 6.46. The molecule has 0 spiro atoms. The summed E-state index contributed by atoms with van der Waals surface area (Å²) in [4.78, 5) is 24.5. The second-order valence-electron chi connectivity index (χ2n) is 5.99. The van der Waals surface area contributed by atoms with Crippen LogP contribution >= 0.6 is 0 Å². The van der Waals surface area contributed by atoms with Gasteiger partial charge in [-0.25, -0.2) is 19.3 Å². The van der Waals surface area contributed by atoms with E-state index in [2.05, 4.69) is 20.3 Å². The quantitative estimate of drug-likeness (QED) is 0.549. The minimum atomic E-state index is -0.610. The number of nitrogens with zero attached hydrogens (tertiary/aromatic N) is 3. The normalized spacial score (nSPS) is 10.5. The summed E-state index contributed by atoms with van der Waals surface area (Å²) in [6.07, 6.45) is 4.49. The van der Waals surface area contributed by atoms with Crippen molar-refractivity contribution in [2.45, 2.75) is 13.0 Å². The maximum Gasteiger partial charge on any atom is 0.232 e. The highest BCUT2D eigenvalue weighted by atomic mass is 19.1. The zero-order valence-corrected chi connectivity index (χ0v) is 15.1. The second kappa shape index (κ2) is 9.40. The van der Waals surface area contributed by atoms with Gasteiger partial charge in [-0.15, -0.1) is 0 Å². The summed E-state index contributed by atoms with van der Waals surface area (Å²) in [6.45, 7) is -0.146. The number of rotatable bonds is 9. The molecule has 144 valence electrons. The van der Waals surface area contributed by atoms with E-state index in [-0.39, 0.29) is 30.4 Å². The average molecular weight is 381 g/mol. The Balaban J connectivity index is 1.60. The van der Waals surface area contributed by atoms with Crippen LogP contribution in [-0.2, 0) is 13.0 Å². The van der Waals surface area contributed by atoms with Crippen molar-refractivity contribution in [2.24, 2.45) is 0 Å². The Bertz CT molecular complexity index is 934. The van der Waals surface area contributed by atoms with Gasteiger partial charge in [-0.1, -0.05) is 24.3 Å². The van der Waals surface area contributed by atoms with Crippen LogP contribution in [-0.4, -0.2) is 34.0 Å². The number of carbonyl (C=O) groups is 1. The molecule has 0 fully saturated rings. The van der Waals surface area contributed by atoms with E-state index in [4.69, 9.17) is 10.5 Å². The van der Waals surface area contributed by atoms with Crippen molar-refractivity contribution >= 4 is 17.3 Å². The molecule has 3 N–H and O–H groups in total. The van der Waals surface area contributed by atoms with Gasteiger partial charge in [0.25, 0.3) is 0 Å². The number of nitrogen functional groups attached to an aromatic ring is 1. The first-order valence-electron chi connectivity index (χ1n) is 8.72. The minimum Gasteiger partial charge on any atom is -0.474 e. The van der Waals surface area contributed by atoms with Crippen molar-refractivity contribution in [1.29, 1.82) is 0 Å². The van der Waals surface area contributed by atoms with Crippen LogP contribution in [0, 0.1) is 0 Å². The highest BCUT2D eigenvalue weighted by molar-refractivity contribution is 5.95. The lowest BCUT2D eigenvalue weighted by molar-refractivity contribution is 0.0987. The summed E-state index contributed by atoms with van der Waals surface area (Å²) in [5, 5.41) is 3.23. The lowest BCUT2D eigenvalue weighted by atomic mass is 10.0. The maximum absolute atomic E-state index is 12.4. The summed E-state index contributed by atoms with van der Waals surface area (Å²) < 4.78 is 17.1. The van der Waals surface area contributed by atoms with Gasteiger partial charge in [-0.05, 0) is 23.3 Å². The second-order valence-corrected chi connectivity index (χ2v) is 5.99. The van der Waals surface area contributed by atoms with Gasteiger partial charge in [-0.2, -0.15) is 0 Å². The number of Topliss-reactive ketones (excluding diaryl/α,β-unsaturated/α-hetero) is 1. The Morgan fingerprint density at radius 2 is 1.96 bits per heavy atom. The monoisotopic (exact) mass is 381 g/mol. The van der Waals surface area contributed by atoms with Crippen LogP contribution in [0.1, 0.15) is 21.6 Å². The van der Waals surface area contributed by atoms with Crippen molar-refractivity contribution in [3.05, 3.63) is 71.8 Å². The third kappa shape index (κ3) is 5.23. The molecule has 2 aromatic heterocycles. The summed E-state index contributed by atoms with van der Waals surface area (Å²) in [5.41, 5.74) is 8.69. The molecule has 28 heavy (non-hydrogen) atoms. The number of ether oxygens (including phenoxy) is 1. The minimum absolute atomic E-state index is 0.0898. The molecule has 0 saturated carbocycles. The average Bonchev–Trinajstić information content (AvgIpc) is 2.72. The molecule has 0 aliphatic carbocycles. The summed E-state index contributed by atoms with van der Waals surface area (Å²) in [5.74, 6) is 0.467. The van der Waals surface area contributed by atoms with Gasteiger partial charge in [0.15, 0.2) is 5.78 Å². The molecule has 0 unspecified atom stereocenters. The predicted octanol–water partition coefficient (Wildman–Crippen LogP) is 2.84. The largest absolute Gasteiger partial charge is 0.474 e. The fourth-order valence-electron chi connectivity index (χ4n) is 2.57. The van der Waals surface area contributed by atoms with Crippen LogP contribution in [0.4, 0.5) is 15.9 Å². The number of ketones is 1. The van der Waals surface area contributed by atoms with E-state index in [0.29, 0.717) is 12.4 Å². The number of hydrogen-bond donors (Lipinski definition) is 2. The van der Waals surface area contributed by atoms with Crippen molar-refractivity contribution < 1.29 is 13.9 Å². The Labute approximate surface area is 161 Å². The Morgan fingerprint density at radius 1 is 1.11 bits per heavy atom. The first kappa shape index (κ1) is 19.2. The first-order chi connectivity index (χ1) is 13.7. The molecule has 3 aromatic rings. The van der Waals surface area contributed by atoms with Gasteiger partial charge < -0.3 is 15.8 Å². The molecular formula is C20H20FN5O2. The van der Waals surface area contributed by atoms with Crippen LogP contribution in [0.3, 0.4) is 0 Å². The van der Waals surface area contributed by atoms with Crippen molar-refractivity contribution in [3.63, 3.8) is 0 Å². The predicted molar refractivity (Wildman–Crippen MR) is 104 cm³/mol. The molecular weight excluding hydrogens is 361 g/mol. The number of anilines is 2. The van der Waals surface area contributed by atoms with E-state index in [9.17, 15) is 9.18 Å². The molecule has 0 saturated heterocycles. The van der Waals surface area contributed by atoms with Crippen molar-refractivity contribution in [2.75, 3.05) is 24.3 Å². The van der Waals surface area contributed by atoms with Crippen molar-refractivity contribution in [1.82, 2.24) is 15.0 Å². The first-order valence-corrected chi connectivity index (χ1v) is 8.72. The van der Waals surface area contributed by atoms with E-state index in [0.717, 1.165) is 16.8 Å². The van der Waals surface area contributed by atoms with Gasteiger partial charge in [0.1, 0.15) is 24.8 Å². The van der Waals surface area contributed by atoms with E-state index in [1.54, 1.807) is 6.20 Å². The number of aromatic nitrogens is 3. The zero-order chi connectivity index (χ0) is 19.8. The van der Waals surface area contributed by atoms with Crippen molar-refractivity contribution in [3.8, 4) is 5.88 Å². The number of nitrogens with two attached hydrogens (primary N) is 1. The SMILES string of the molecule is Nc1ncccc1NCc1cccc(CC(=O)c2cnc(OCCF)cn2)c1. The summed E-state index contributed by atoms with van der Waals surface area (Å²) in [6, 6.07) is 11.4. The number of carbonyl (C=O) groups excluding carboxylic acids is 1. The molecule has 0 amide bonds. The summed E-state index contributed by atoms with van der Waals surface area (Å²) >= 11 is 0.